The largest absolute Gasteiger partial charge is 0.497 e. The van der Waals surface area contributed by atoms with Crippen LogP contribution in [0.5, 0.6) is 23.0 Å². The summed E-state index contributed by atoms with van der Waals surface area (Å²) in [6, 6.07) is 20.3. The van der Waals surface area contributed by atoms with Gasteiger partial charge in [-0.25, -0.2) is 4.79 Å². The number of ketones is 1. The molecule has 0 unspecified atom stereocenters. The lowest BCUT2D eigenvalue weighted by molar-refractivity contribution is 0.0734. The van der Waals surface area contributed by atoms with Crippen LogP contribution in [0.2, 0.25) is 0 Å². The first-order valence-electron chi connectivity index (χ1n) is 8.30. The van der Waals surface area contributed by atoms with E-state index in [-0.39, 0.29) is 5.78 Å². The monoisotopic (exact) mass is 362 g/mol. The third kappa shape index (κ3) is 4.73. The van der Waals surface area contributed by atoms with E-state index in [2.05, 4.69) is 0 Å². The Hall–Kier alpha value is -3.60. The van der Waals surface area contributed by atoms with E-state index in [1.54, 1.807) is 79.9 Å². The Morgan fingerprint density at radius 1 is 0.630 bits per heavy atom. The fourth-order valence-corrected chi connectivity index (χ4v) is 2.36. The van der Waals surface area contributed by atoms with Gasteiger partial charge in [-0.05, 0) is 79.7 Å². The zero-order valence-corrected chi connectivity index (χ0v) is 15.0. The normalized spacial score (nSPS) is 10.1. The molecule has 0 bridgehead atoms. The molecule has 136 valence electrons. The van der Waals surface area contributed by atoms with Crippen molar-refractivity contribution in [3.05, 3.63) is 83.9 Å². The topological polar surface area (TPSA) is 61.8 Å². The van der Waals surface area contributed by atoms with Crippen LogP contribution in [-0.4, -0.2) is 18.9 Å². The molecular formula is C22H18O5. The van der Waals surface area contributed by atoms with Crippen molar-refractivity contribution in [3.8, 4) is 23.0 Å². The number of rotatable bonds is 6. The van der Waals surface area contributed by atoms with Crippen molar-refractivity contribution in [1.82, 2.24) is 0 Å². The van der Waals surface area contributed by atoms with Crippen LogP contribution in [0.25, 0.3) is 0 Å². The van der Waals surface area contributed by atoms with Crippen LogP contribution >= 0.6 is 0 Å². The second kappa shape index (κ2) is 8.19. The van der Waals surface area contributed by atoms with Gasteiger partial charge in [0.15, 0.2) is 5.78 Å². The summed E-state index contributed by atoms with van der Waals surface area (Å²) in [6.45, 7) is 1.51. The van der Waals surface area contributed by atoms with Gasteiger partial charge in [-0.2, -0.15) is 0 Å². The van der Waals surface area contributed by atoms with E-state index in [1.165, 1.54) is 6.92 Å². The molecule has 0 radical (unpaired) electrons. The maximum absolute atomic E-state index is 12.2. The molecule has 3 aromatic rings. The number of methoxy groups -OCH3 is 1. The molecule has 0 saturated heterocycles. The molecule has 3 rings (SSSR count). The highest BCUT2D eigenvalue weighted by atomic mass is 16.5. The van der Waals surface area contributed by atoms with E-state index >= 15 is 0 Å². The number of hydrogen-bond donors (Lipinski definition) is 0. The minimum atomic E-state index is -0.461. The molecule has 0 aliphatic heterocycles. The maximum Gasteiger partial charge on any atom is 0.343 e. The smallest absolute Gasteiger partial charge is 0.343 e. The first-order valence-corrected chi connectivity index (χ1v) is 8.30. The van der Waals surface area contributed by atoms with Crippen LogP contribution in [-0.2, 0) is 0 Å². The predicted octanol–water partition coefficient (Wildman–Crippen LogP) is 4.91. The van der Waals surface area contributed by atoms with Gasteiger partial charge in [0, 0.05) is 5.56 Å². The Morgan fingerprint density at radius 3 is 1.56 bits per heavy atom. The molecule has 0 amide bonds. The second-order valence-electron chi connectivity index (χ2n) is 5.77. The van der Waals surface area contributed by atoms with Gasteiger partial charge in [-0.1, -0.05) is 0 Å². The van der Waals surface area contributed by atoms with Crippen molar-refractivity contribution in [3.63, 3.8) is 0 Å². The van der Waals surface area contributed by atoms with Gasteiger partial charge in [0.1, 0.15) is 23.0 Å². The third-order valence-electron chi connectivity index (χ3n) is 3.86. The van der Waals surface area contributed by atoms with E-state index in [9.17, 15) is 9.59 Å². The Kier molecular flexibility index (Phi) is 5.52. The summed E-state index contributed by atoms with van der Waals surface area (Å²) in [7, 11) is 1.57. The molecule has 0 fully saturated rings. The molecule has 5 nitrogen and oxygen atoms in total. The highest BCUT2D eigenvalue weighted by molar-refractivity contribution is 5.94. The van der Waals surface area contributed by atoms with Gasteiger partial charge < -0.3 is 14.2 Å². The number of carbonyl (C=O) groups is 2. The Bertz CT molecular complexity index is 926. The van der Waals surface area contributed by atoms with Crippen molar-refractivity contribution in [2.24, 2.45) is 0 Å². The third-order valence-corrected chi connectivity index (χ3v) is 3.86. The summed E-state index contributed by atoms with van der Waals surface area (Å²) in [5, 5.41) is 0. The quantitative estimate of drug-likeness (QED) is 0.354. The summed E-state index contributed by atoms with van der Waals surface area (Å²) in [5.41, 5.74) is 1.03. The lowest BCUT2D eigenvalue weighted by Crippen LogP contribution is -2.08. The van der Waals surface area contributed by atoms with Gasteiger partial charge in [-0.15, -0.1) is 0 Å². The summed E-state index contributed by atoms with van der Waals surface area (Å²) >= 11 is 0. The number of hydrogen-bond acceptors (Lipinski definition) is 5. The van der Waals surface area contributed by atoms with Crippen LogP contribution in [0.4, 0.5) is 0 Å². The Labute approximate surface area is 157 Å². The fourth-order valence-electron chi connectivity index (χ4n) is 2.36. The number of esters is 1. The summed E-state index contributed by atoms with van der Waals surface area (Å²) in [6.07, 6.45) is 0. The van der Waals surface area contributed by atoms with Crippen LogP contribution in [0.3, 0.4) is 0 Å². The summed E-state index contributed by atoms with van der Waals surface area (Å²) in [4.78, 5) is 23.5. The molecule has 0 spiro atoms. The number of benzene rings is 3. The first-order chi connectivity index (χ1) is 13.0. The van der Waals surface area contributed by atoms with Crippen molar-refractivity contribution >= 4 is 11.8 Å². The van der Waals surface area contributed by atoms with E-state index in [4.69, 9.17) is 14.2 Å². The van der Waals surface area contributed by atoms with E-state index < -0.39 is 5.97 Å². The van der Waals surface area contributed by atoms with Crippen LogP contribution in [0.15, 0.2) is 72.8 Å². The molecule has 27 heavy (non-hydrogen) atoms. The molecule has 0 heterocycles. The molecule has 5 heteroatoms. The lowest BCUT2D eigenvalue weighted by atomic mass is 10.1. The first kappa shape index (κ1) is 18.2. The van der Waals surface area contributed by atoms with Crippen molar-refractivity contribution < 1.29 is 23.8 Å². The maximum atomic E-state index is 12.2. The van der Waals surface area contributed by atoms with E-state index in [0.29, 0.717) is 34.1 Å². The zero-order chi connectivity index (χ0) is 19.2. The fraction of sp³-hybridized carbons (Fsp3) is 0.0909. The lowest BCUT2D eigenvalue weighted by Gasteiger charge is -2.08. The standard InChI is InChI=1S/C22H18O5/c1-15(23)16-3-7-19(8-4-16)26-20-9-5-17(6-10-20)22(24)27-21-13-11-18(25-2)12-14-21/h3-14H,1-2H3. The highest BCUT2D eigenvalue weighted by Gasteiger charge is 2.09. The van der Waals surface area contributed by atoms with Crippen molar-refractivity contribution in [2.45, 2.75) is 6.92 Å². The van der Waals surface area contributed by atoms with E-state index in [1.807, 2.05) is 0 Å². The van der Waals surface area contributed by atoms with Crippen LogP contribution in [0.1, 0.15) is 27.6 Å². The Morgan fingerprint density at radius 2 is 1.07 bits per heavy atom. The molecular weight excluding hydrogens is 344 g/mol. The molecule has 0 aromatic heterocycles. The molecule has 0 aliphatic rings. The molecule has 0 saturated carbocycles. The summed E-state index contributed by atoms with van der Waals surface area (Å²) < 4.78 is 16.1. The zero-order valence-electron chi connectivity index (χ0n) is 15.0. The second-order valence-corrected chi connectivity index (χ2v) is 5.77. The molecule has 3 aromatic carbocycles. The predicted molar refractivity (Wildman–Crippen MR) is 101 cm³/mol. The number of carbonyl (C=O) groups excluding carboxylic acids is 2. The Balaban J connectivity index is 1.63. The average Bonchev–Trinajstić information content (AvgIpc) is 2.69. The van der Waals surface area contributed by atoms with Gasteiger partial charge in [0.05, 0.1) is 12.7 Å². The van der Waals surface area contributed by atoms with Gasteiger partial charge in [0.2, 0.25) is 0 Å². The SMILES string of the molecule is COc1ccc(OC(=O)c2ccc(Oc3ccc(C(C)=O)cc3)cc2)cc1. The van der Waals surface area contributed by atoms with Crippen LogP contribution in [0, 0.1) is 0 Å². The van der Waals surface area contributed by atoms with Crippen molar-refractivity contribution in [1.29, 1.82) is 0 Å². The van der Waals surface area contributed by atoms with Gasteiger partial charge in [-0.3, -0.25) is 4.79 Å². The molecule has 0 atom stereocenters. The summed E-state index contributed by atoms with van der Waals surface area (Å²) in [5.74, 6) is 1.85. The van der Waals surface area contributed by atoms with Gasteiger partial charge in [0.25, 0.3) is 0 Å². The molecule has 0 N–H and O–H groups in total. The minimum Gasteiger partial charge on any atom is -0.497 e. The average molecular weight is 362 g/mol. The van der Waals surface area contributed by atoms with E-state index in [0.717, 1.165) is 0 Å². The highest BCUT2D eigenvalue weighted by Crippen LogP contribution is 2.23. The minimum absolute atomic E-state index is 0.00118. The number of Topliss-reactive ketones (excluding diaryl/α,β-unsaturated/α-hetero) is 1. The van der Waals surface area contributed by atoms with Gasteiger partial charge >= 0.3 is 5.97 Å². The van der Waals surface area contributed by atoms with Crippen molar-refractivity contribution in [2.75, 3.05) is 7.11 Å². The molecule has 0 aliphatic carbocycles. The van der Waals surface area contributed by atoms with Crippen LogP contribution < -0.4 is 14.2 Å². The number of ether oxygens (including phenoxy) is 3.